The van der Waals surface area contributed by atoms with Gasteiger partial charge in [0.05, 0.1) is 25.3 Å². The van der Waals surface area contributed by atoms with Crippen molar-refractivity contribution in [3.8, 4) is 0 Å². The van der Waals surface area contributed by atoms with Crippen molar-refractivity contribution in [3.05, 3.63) is 0 Å². The van der Waals surface area contributed by atoms with Crippen LogP contribution in [-0.2, 0) is 33.6 Å². The molecular formula is C18H31N9O9. The molecule has 0 bridgehead atoms. The molecule has 0 aliphatic heterocycles. The van der Waals surface area contributed by atoms with E-state index >= 15 is 0 Å². The van der Waals surface area contributed by atoms with E-state index in [1.807, 2.05) is 5.32 Å². The Morgan fingerprint density at radius 1 is 0.694 bits per heavy atom. The van der Waals surface area contributed by atoms with E-state index in [0.29, 0.717) is 0 Å². The number of carbonyl (C=O) groups excluding carboxylic acids is 5. The van der Waals surface area contributed by atoms with Gasteiger partial charge in [-0.1, -0.05) is 0 Å². The maximum Gasteiger partial charge on any atom is 0.326 e. The van der Waals surface area contributed by atoms with Gasteiger partial charge < -0.3 is 54.8 Å². The van der Waals surface area contributed by atoms with Crippen molar-refractivity contribution in [1.29, 1.82) is 0 Å². The van der Waals surface area contributed by atoms with Crippen molar-refractivity contribution < 1.29 is 43.8 Å². The van der Waals surface area contributed by atoms with Crippen molar-refractivity contribution in [2.45, 2.75) is 56.3 Å². The Bertz CT molecular complexity index is 889. The number of aliphatic carboxylic acids is 2. The highest BCUT2D eigenvalue weighted by molar-refractivity contribution is 5.96. The smallest absolute Gasteiger partial charge is 0.326 e. The first-order valence-corrected chi connectivity index (χ1v) is 10.4. The molecule has 0 saturated heterocycles. The van der Waals surface area contributed by atoms with Gasteiger partial charge in [-0.3, -0.25) is 33.8 Å². The molecule has 0 spiro atoms. The summed E-state index contributed by atoms with van der Waals surface area (Å²) in [6, 6.07) is -6.39. The van der Waals surface area contributed by atoms with Gasteiger partial charge in [0.15, 0.2) is 5.96 Å². The second-order valence-corrected chi connectivity index (χ2v) is 7.52. The molecule has 18 heteroatoms. The minimum Gasteiger partial charge on any atom is -0.481 e. The number of rotatable bonds is 17. The molecule has 0 aromatic rings. The lowest BCUT2D eigenvalue weighted by atomic mass is 10.1. The summed E-state index contributed by atoms with van der Waals surface area (Å²) in [5.74, 6) is -8.55. The highest BCUT2D eigenvalue weighted by atomic mass is 16.4. The van der Waals surface area contributed by atoms with Gasteiger partial charge in [0.2, 0.25) is 29.5 Å². The quantitative estimate of drug-likeness (QED) is 0.0489. The van der Waals surface area contributed by atoms with Crippen molar-refractivity contribution in [2.24, 2.45) is 33.7 Å². The highest BCUT2D eigenvalue weighted by Gasteiger charge is 2.32. The van der Waals surface area contributed by atoms with E-state index in [4.69, 9.17) is 38.9 Å². The Kier molecular flexibility index (Phi) is 13.5. The Hall–Kier alpha value is -4.48. The van der Waals surface area contributed by atoms with Crippen LogP contribution in [-0.4, -0.2) is 88.4 Å². The summed E-state index contributed by atoms with van der Waals surface area (Å²) in [4.78, 5) is 85.9. The number of carbonyl (C=O) groups is 7. The van der Waals surface area contributed by atoms with Crippen LogP contribution in [0.4, 0.5) is 0 Å². The number of amides is 5. The molecule has 5 amide bonds. The molecule has 0 aliphatic rings. The number of carboxylic acids is 2. The van der Waals surface area contributed by atoms with Crippen LogP contribution in [0.15, 0.2) is 4.99 Å². The van der Waals surface area contributed by atoms with Gasteiger partial charge in [-0.15, -0.1) is 0 Å². The molecule has 0 saturated carbocycles. The van der Waals surface area contributed by atoms with Gasteiger partial charge >= 0.3 is 11.9 Å². The SMILES string of the molecule is NC(=O)CC(N)C(=O)NC(CCCN=C(N)N)C(=O)NC(CC(=O)O)C(=O)NC(CC(N)=O)C(=O)O. The summed E-state index contributed by atoms with van der Waals surface area (Å²) in [6.07, 6.45) is -2.28. The van der Waals surface area contributed by atoms with Gasteiger partial charge in [-0.2, -0.15) is 0 Å². The molecule has 0 aliphatic carbocycles. The van der Waals surface area contributed by atoms with E-state index in [1.165, 1.54) is 0 Å². The number of carboxylic acid groups (broad SMARTS) is 2. The lowest BCUT2D eigenvalue weighted by Crippen LogP contribution is -2.58. The maximum atomic E-state index is 12.8. The molecule has 0 heterocycles. The number of nitrogens with one attached hydrogen (secondary N) is 3. The van der Waals surface area contributed by atoms with E-state index in [2.05, 4.69) is 15.6 Å². The number of primary amides is 2. The molecule has 0 fully saturated rings. The Labute approximate surface area is 204 Å². The zero-order valence-electron chi connectivity index (χ0n) is 19.1. The van der Waals surface area contributed by atoms with Crippen molar-refractivity contribution in [3.63, 3.8) is 0 Å². The van der Waals surface area contributed by atoms with Crippen LogP contribution in [0.3, 0.4) is 0 Å². The molecule has 0 radical (unpaired) electrons. The van der Waals surface area contributed by atoms with Crippen LogP contribution in [0.25, 0.3) is 0 Å². The second-order valence-electron chi connectivity index (χ2n) is 7.52. The van der Waals surface area contributed by atoms with Crippen molar-refractivity contribution in [2.75, 3.05) is 6.54 Å². The summed E-state index contributed by atoms with van der Waals surface area (Å²) in [7, 11) is 0. The third-order valence-electron chi connectivity index (χ3n) is 4.37. The van der Waals surface area contributed by atoms with E-state index in [-0.39, 0.29) is 25.3 Å². The third kappa shape index (κ3) is 13.3. The topological polar surface area (TPSA) is 338 Å². The van der Waals surface area contributed by atoms with Crippen LogP contribution in [0.2, 0.25) is 0 Å². The van der Waals surface area contributed by atoms with Crippen LogP contribution in [0, 0.1) is 0 Å². The standard InChI is InChI=1S/C18H31N9O9/c19-7(4-11(20)28)14(32)25-8(2-1-3-24-18(22)23)15(33)26-9(6-13(30)31)16(34)27-10(17(35)36)5-12(21)29/h7-10H,1-6,19H2,(H2,20,28)(H2,21,29)(H,25,32)(H,26,33)(H,27,34)(H,30,31)(H,35,36)(H4,22,23,24). The van der Waals surface area contributed by atoms with Crippen LogP contribution >= 0.6 is 0 Å². The van der Waals surface area contributed by atoms with Crippen molar-refractivity contribution in [1.82, 2.24) is 16.0 Å². The second kappa shape index (κ2) is 15.4. The number of guanidine groups is 1. The first kappa shape index (κ1) is 31.5. The lowest BCUT2D eigenvalue weighted by Gasteiger charge is -2.24. The maximum absolute atomic E-state index is 12.8. The summed E-state index contributed by atoms with van der Waals surface area (Å²) in [5, 5.41) is 24.5. The number of aliphatic imine (C=N–C) groups is 1. The highest BCUT2D eigenvalue weighted by Crippen LogP contribution is 2.04. The number of hydrogen-bond donors (Lipinski definition) is 10. The predicted octanol–water partition coefficient (Wildman–Crippen LogP) is -5.87. The summed E-state index contributed by atoms with van der Waals surface area (Å²) >= 11 is 0. The Morgan fingerprint density at radius 2 is 1.19 bits per heavy atom. The zero-order chi connectivity index (χ0) is 28.0. The monoisotopic (exact) mass is 517 g/mol. The van der Waals surface area contributed by atoms with E-state index in [1.54, 1.807) is 0 Å². The fourth-order valence-corrected chi connectivity index (χ4v) is 2.69. The first-order valence-electron chi connectivity index (χ1n) is 10.4. The normalized spacial score (nSPS) is 13.7. The molecular weight excluding hydrogens is 486 g/mol. The Morgan fingerprint density at radius 3 is 1.67 bits per heavy atom. The van der Waals surface area contributed by atoms with Crippen molar-refractivity contribution >= 4 is 47.4 Å². The zero-order valence-corrected chi connectivity index (χ0v) is 19.1. The fraction of sp³-hybridized carbons (Fsp3) is 0.556. The minimum atomic E-state index is -1.80. The van der Waals surface area contributed by atoms with E-state index in [0.717, 1.165) is 0 Å². The molecule has 0 rings (SSSR count). The summed E-state index contributed by atoms with van der Waals surface area (Å²) in [5.41, 5.74) is 25.9. The number of nitrogens with zero attached hydrogens (tertiary/aromatic N) is 1. The molecule has 36 heavy (non-hydrogen) atoms. The first-order chi connectivity index (χ1) is 16.6. The van der Waals surface area contributed by atoms with Crippen LogP contribution in [0.5, 0.6) is 0 Å². The van der Waals surface area contributed by atoms with Crippen LogP contribution in [0.1, 0.15) is 32.1 Å². The Balaban J connectivity index is 5.67. The predicted molar refractivity (Wildman–Crippen MR) is 121 cm³/mol. The molecule has 0 aromatic carbocycles. The minimum absolute atomic E-state index is 0.0434. The largest absolute Gasteiger partial charge is 0.481 e. The van der Waals surface area contributed by atoms with Gasteiger partial charge in [0.25, 0.3) is 0 Å². The van der Waals surface area contributed by atoms with E-state index in [9.17, 15) is 33.6 Å². The molecule has 4 atom stereocenters. The molecule has 4 unspecified atom stereocenters. The summed E-state index contributed by atoms with van der Waals surface area (Å²) < 4.78 is 0. The van der Waals surface area contributed by atoms with Gasteiger partial charge in [-0.25, -0.2) is 4.79 Å². The van der Waals surface area contributed by atoms with Gasteiger partial charge in [0.1, 0.15) is 18.1 Å². The van der Waals surface area contributed by atoms with Crippen LogP contribution < -0.4 is 44.6 Å². The third-order valence-corrected chi connectivity index (χ3v) is 4.37. The van der Waals surface area contributed by atoms with E-state index < -0.39 is 84.9 Å². The number of nitrogens with two attached hydrogens (primary N) is 5. The molecule has 0 aromatic heterocycles. The number of hydrogen-bond acceptors (Lipinski definition) is 9. The average Bonchev–Trinajstić information content (AvgIpc) is 2.73. The molecule has 202 valence electrons. The van der Waals surface area contributed by atoms with Gasteiger partial charge in [0, 0.05) is 6.54 Å². The lowest BCUT2D eigenvalue weighted by molar-refractivity contribution is -0.144. The van der Waals surface area contributed by atoms with Gasteiger partial charge in [-0.05, 0) is 12.8 Å². The molecule has 15 N–H and O–H groups in total. The molecule has 18 nitrogen and oxygen atoms in total. The average molecular weight is 518 g/mol. The fourth-order valence-electron chi connectivity index (χ4n) is 2.69. The summed E-state index contributed by atoms with van der Waals surface area (Å²) in [6.45, 7) is 0.0434.